The molecule has 3 saturated heterocycles. The highest BCUT2D eigenvalue weighted by Crippen LogP contribution is 2.34. The zero-order chi connectivity index (χ0) is 20.2. The molecule has 0 spiro atoms. The van der Waals surface area contributed by atoms with E-state index in [4.69, 9.17) is 14.8 Å². The predicted octanol–water partition coefficient (Wildman–Crippen LogP) is 1.63. The first-order valence-electron chi connectivity index (χ1n) is 10.9. The van der Waals surface area contributed by atoms with Gasteiger partial charge in [-0.05, 0) is 32.9 Å². The number of aromatic amines is 1. The lowest BCUT2D eigenvalue weighted by Gasteiger charge is -2.40. The topological polar surface area (TPSA) is 77.8 Å². The van der Waals surface area contributed by atoms with E-state index in [2.05, 4.69) is 44.9 Å². The number of H-pyrrole nitrogens is 1. The molecule has 2 unspecified atom stereocenters. The third-order valence-corrected chi connectivity index (χ3v) is 6.71. The normalized spacial score (nSPS) is 27.3. The molecule has 3 atom stereocenters. The Kier molecular flexibility index (Phi) is 4.21. The number of hydrogen-bond donors (Lipinski definition) is 1. The van der Waals surface area contributed by atoms with Gasteiger partial charge in [0.2, 0.25) is 0 Å². The van der Waals surface area contributed by atoms with Gasteiger partial charge in [-0.15, -0.1) is 5.10 Å². The highest BCUT2D eigenvalue weighted by Gasteiger charge is 2.35. The van der Waals surface area contributed by atoms with Crippen LogP contribution < -0.4 is 9.80 Å². The van der Waals surface area contributed by atoms with Crippen LogP contribution in [0.1, 0.15) is 19.8 Å². The van der Waals surface area contributed by atoms with Crippen molar-refractivity contribution in [3.8, 4) is 11.5 Å². The van der Waals surface area contributed by atoms with Crippen molar-refractivity contribution in [1.82, 2.24) is 29.7 Å². The maximum atomic E-state index is 6.06. The molecular weight excluding hydrogens is 380 g/mol. The molecular formula is C21H28N8O. The summed E-state index contributed by atoms with van der Waals surface area (Å²) in [5.41, 5.74) is 3.04. The van der Waals surface area contributed by atoms with Crippen LogP contribution in [0.25, 0.3) is 17.0 Å². The van der Waals surface area contributed by atoms with E-state index in [0.29, 0.717) is 18.2 Å². The van der Waals surface area contributed by atoms with Crippen LogP contribution >= 0.6 is 0 Å². The van der Waals surface area contributed by atoms with Gasteiger partial charge in [-0.1, -0.05) is 0 Å². The van der Waals surface area contributed by atoms with E-state index in [0.717, 1.165) is 68.4 Å². The number of likely N-dealkylation sites (N-methyl/N-ethyl adjacent to an activating group) is 1. The van der Waals surface area contributed by atoms with E-state index in [1.165, 1.54) is 5.69 Å². The highest BCUT2D eigenvalue weighted by molar-refractivity contribution is 5.78. The molecule has 0 aromatic carbocycles. The molecule has 3 aliphatic heterocycles. The third-order valence-electron chi connectivity index (χ3n) is 6.71. The monoisotopic (exact) mass is 408 g/mol. The summed E-state index contributed by atoms with van der Waals surface area (Å²) in [5, 5.41) is 12.3. The number of piperazine rings is 1. The number of rotatable bonds is 3. The molecule has 2 bridgehead atoms. The van der Waals surface area contributed by atoms with E-state index >= 15 is 0 Å². The molecule has 3 aromatic heterocycles. The second-order valence-electron chi connectivity index (χ2n) is 8.89. The molecule has 6 rings (SSSR count). The fraction of sp³-hybridized carbons (Fsp3) is 0.571. The zero-order valence-electron chi connectivity index (χ0n) is 17.5. The first-order valence-corrected chi connectivity index (χ1v) is 10.9. The smallest absolute Gasteiger partial charge is 0.182 e. The van der Waals surface area contributed by atoms with Gasteiger partial charge in [-0.2, -0.15) is 5.10 Å². The van der Waals surface area contributed by atoms with Crippen molar-refractivity contribution in [2.24, 2.45) is 0 Å². The van der Waals surface area contributed by atoms with Crippen LogP contribution in [0, 0.1) is 0 Å². The molecule has 3 aromatic rings. The first kappa shape index (κ1) is 18.1. The molecule has 0 aliphatic carbocycles. The Morgan fingerprint density at radius 2 is 1.97 bits per heavy atom. The second kappa shape index (κ2) is 6.95. The number of aromatic nitrogens is 5. The molecule has 9 nitrogen and oxygen atoms in total. The Bertz CT molecular complexity index is 1030. The predicted molar refractivity (Wildman–Crippen MR) is 115 cm³/mol. The Morgan fingerprint density at radius 3 is 2.70 bits per heavy atom. The molecule has 9 heteroatoms. The largest absolute Gasteiger partial charge is 0.371 e. The minimum atomic E-state index is 0.320. The lowest BCUT2D eigenvalue weighted by molar-refractivity contribution is 0.0301. The molecule has 0 radical (unpaired) electrons. The summed E-state index contributed by atoms with van der Waals surface area (Å²) >= 11 is 0. The third kappa shape index (κ3) is 2.95. The summed E-state index contributed by atoms with van der Waals surface area (Å²) in [4.78, 5) is 12.0. The van der Waals surface area contributed by atoms with Gasteiger partial charge >= 0.3 is 0 Å². The van der Waals surface area contributed by atoms with Crippen molar-refractivity contribution in [1.29, 1.82) is 0 Å². The van der Waals surface area contributed by atoms with Crippen LogP contribution in [0.5, 0.6) is 0 Å². The minimum absolute atomic E-state index is 0.320. The number of ether oxygens (including phenoxy) is 1. The summed E-state index contributed by atoms with van der Waals surface area (Å²) in [6.45, 7) is 7.20. The SMILES string of the molecule is C[C@@H]1CN(C)CCN1c1cc(N2CC3CCC(C2)O3)nn2c(-c3cc[nH]n3)ncc12. The van der Waals surface area contributed by atoms with Crippen molar-refractivity contribution in [2.45, 2.75) is 38.0 Å². The Hall–Kier alpha value is -2.65. The number of nitrogens with zero attached hydrogens (tertiary/aromatic N) is 7. The highest BCUT2D eigenvalue weighted by atomic mass is 16.5. The van der Waals surface area contributed by atoms with Gasteiger partial charge in [-0.25, -0.2) is 9.50 Å². The van der Waals surface area contributed by atoms with Crippen LogP contribution in [0.2, 0.25) is 0 Å². The van der Waals surface area contributed by atoms with Gasteiger partial charge in [0.1, 0.15) is 11.2 Å². The number of hydrogen-bond acceptors (Lipinski definition) is 7. The number of imidazole rings is 1. The van der Waals surface area contributed by atoms with E-state index in [1.54, 1.807) is 0 Å². The van der Waals surface area contributed by atoms with E-state index in [1.807, 2.05) is 23.0 Å². The second-order valence-corrected chi connectivity index (χ2v) is 8.89. The van der Waals surface area contributed by atoms with Crippen molar-refractivity contribution < 1.29 is 4.74 Å². The molecule has 6 heterocycles. The van der Waals surface area contributed by atoms with Crippen molar-refractivity contribution in [3.05, 3.63) is 24.5 Å². The van der Waals surface area contributed by atoms with Gasteiger partial charge in [0, 0.05) is 51.0 Å². The molecule has 0 saturated carbocycles. The van der Waals surface area contributed by atoms with Crippen molar-refractivity contribution >= 4 is 17.0 Å². The first-order chi connectivity index (χ1) is 14.7. The van der Waals surface area contributed by atoms with Crippen LogP contribution in [0.4, 0.5) is 11.5 Å². The van der Waals surface area contributed by atoms with Gasteiger partial charge < -0.3 is 19.4 Å². The minimum Gasteiger partial charge on any atom is -0.371 e. The van der Waals surface area contributed by atoms with E-state index in [9.17, 15) is 0 Å². The number of fused-ring (bicyclic) bond motifs is 3. The molecule has 1 N–H and O–H groups in total. The zero-order valence-corrected chi connectivity index (χ0v) is 17.5. The van der Waals surface area contributed by atoms with Crippen LogP contribution in [-0.4, -0.2) is 87.7 Å². The van der Waals surface area contributed by atoms with Gasteiger partial charge in [0.05, 0.1) is 24.1 Å². The molecule has 3 fully saturated rings. The Balaban J connectivity index is 1.48. The quantitative estimate of drug-likeness (QED) is 0.706. The van der Waals surface area contributed by atoms with E-state index < -0.39 is 0 Å². The summed E-state index contributed by atoms with van der Waals surface area (Å²) < 4.78 is 8.04. The van der Waals surface area contributed by atoms with E-state index in [-0.39, 0.29) is 0 Å². The number of nitrogens with one attached hydrogen (secondary N) is 1. The summed E-state index contributed by atoms with van der Waals surface area (Å²) in [7, 11) is 2.19. The Labute approximate surface area is 175 Å². The molecule has 158 valence electrons. The van der Waals surface area contributed by atoms with Crippen LogP contribution in [-0.2, 0) is 4.74 Å². The van der Waals surface area contributed by atoms with Gasteiger partial charge in [0.15, 0.2) is 11.6 Å². The molecule has 30 heavy (non-hydrogen) atoms. The van der Waals surface area contributed by atoms with Gasteiger partial charge in [0.25, 0.3) is 0 Å². The average molecular weight is 409 g/mol. The summed E-state index contributed by atoms with van der Waals surface area (Å²) in [6, 6.07) is 4.63. The number of morpholine rings is 1. The molecule has 3 aliphatic rings. The van der Waals surface area contributed by atoms with Crippen LogP contribution in [0.15, 0.2) is 24.5 Å². The summed E-state index contributed by atoms with van der Waals surface area (Å²) in [6.07, 6.45) is 6.69. The fourth-order valence-corrected chi connectivity index (χ4v) is 5.19. The summed E-state index contributed by atoms with van der Waals surface area (Å²) in [5.74, 6) is 1.77. The van der Waals surface area contributed by atoms with Crippen molar-refractivity contribution in [2.75, 3.05) is 49.6 Å². The number of anilines is 2. The maximum absolute atomic E-state index is 6.06. The van der Waals surface area contributed by atoms with Crippen molar-refractivity contribution in [3.63, 3.8) is 0 Å². The average Bonchev–Trinajstić information content (AvgIpc) is 3.47. The molecule has 0 amide bonds. The van der Waals surface area contributed by atoms with Crippen LogP contribution in [0.3, 0.4) is 0 Å². The lowest BCUT2D eigenvalue weighted by Crippen LogP contribution is -2.50. The Morgan fingerprint density at radius 1 is 1.13 bits per heavy atom. The fourth-order valence-electron chi connectivity index (χ4n) is 5.19. The maximum Gasteiger partial charge on any atom is 0.182 e. The van der Waals surface area contributed by atoms with Gasteiger partial charge in [-0.3, -0.25) is 5.10 Å². The lowest BCUT2D eigenvalue weighted by atomic mass is 10.1. The standard InChI is InChI=1S/C21H28N8O/c1-14-11-26(2)7-8-28(14)18-9-20(27-12-15-3-4-16(13-27)30-15)25-29-19(18)10-22-21(29)17-5-6-23-24-17/h5-6,9-10,14-16H,3-4,7-8,11-13H2,1-2H3,(H,23,24)/t14-,15?,16?/m1/s1.